The second-order valence-corrected chi connectivity index (χ2v) is 5.73. The lowest BCUT2D eigenvalue weighted by molar-refractivity contribution is -0.150. The van der Waals surface area contributed by atoms with Crippen LogP contribution in [0.25, 0.3) is 0 Å². The number of alkyl halides is 5. The highest BCUT2D eigenvalue weighted by molar-refractivity contribution is 6.68. The average molecular weight is 319 g/mol. The van der Waals surface area contributed by atoms with E-state index in [2.05, 4.69) is 0 Å². The van der Waals surface area contributed by atoms with Gasteiger partial charge < -0.3 is 10.4 Å². The third-order valence-corrected chi connectivity index (χ3v) is 2.62. The molecule has 0 aliphatic heterocycles. The second-order valence-electron chi connectivity index (χ2n) is 3.36. The van der Waals surface area contributed by atoms with Gasteiger partial charge in [-0.25, -0.2) is 0 Å². The normalized spacial score (nSPS) is 14.1. The minimum absolute atomic E-state index is 0.529. The zero-order chi connectivity index (χ0) is 14.0. The smallest absolute Gasteiger partial charge is 0.349 e. The van der Waals surface area contributed by atoms with Crippen LogP contribution in [0.4, 0.5) is 8.78 Å². The van der Waals surface area contributed by atoms with Gasteiger partial charge in [-0.3, -0.25) is 4.79 Å². The van der Waals surface area contributed by atoms with Crippen LogP contribution in [0.15, 0.2) is 30.3 Å². The number of halogens is 5. The molecule has 0 spiro atoms. The molecule has 1 rings (SSSR count). The fraction of sp³-hybridized carbons (Fsp3) is 0.300. The number of carbonyl (C=O) groups is 1. The van der Waals surface area contributed by atoms with Crippen molar-refractivity contribution in [3.8, 4) is 0 Å². The van der Waals surface area contributed by atoms with Gasteiger partial charge in [0.05, 0.1) is 0 Å². The summed E-state index contributed by atoms with van der Waals surface area (Å²) in [6, 6.07) is 6.36. The van der Waals surface area contributed by atoms with Gasteiger partial charge in [0.25, 0.3) is 5.91 Å². The van der Waals surface area contributed by atoms with Crippen LogP contribution in [0.2, 0.25) is 0 Å². The van der Waals surface area contributed by atoms with Gasteiger partial charge in [-0.15, -0.1) is 0 Å². The third kappa shape index (κ3) is 3.68. The van der Waals surface area contributed by atoms with Crippen LogP contribution in [0.5, 0.6) is 0 Å². The molecule has 100 valence electrons. The molecular formula is C10H8Cl3F2NO2. The third-order valence-electron chi connectivity index (χ3n) is 2.00. The first-order chi connectivity index (χ1) is 8.15. The maximum atomic E-state index is 13.6. The van der Waals surface area contributed by atoms with Crippen LogP contribution in [-0.4, -0.2) is 21.0 Å². The van der Waals surface area contributed by atoms with Gasteiger partial charge in [0.15, 0.2) is 6.23 Å². The van der Waals surface area contributed by atoms with Crippen molar-refractivity contribution in [3.63, 3.8) is 0 Å². The lowest BCUT2D eigenvalue weighted by atomic mass is 10.1. The van der Waals surface area contributed by atoms with Gasteiger partial charge in [0.2, 0.25) is 3.79 Å². The molecule has 1 aromatic rings. The van der Waals surface area contributed by atoms with E-state index in [1.807, 2.05) is 0 Å². The van der Waals surface area contributed by atoms with Crippen molar-refractivity contribution in [1.82, 2.24) is 5.32 Å². The number of amides is 1. The van der Waals surface area contributed by atoms with E-state index in [4.69, 9.17) is 34.8 Å². The Morgan fingerprint density at radius 2 is 1.72 bits per heavy atom. The fourth-order valence-corrected chi connectivity index (χ4v) is 1.24. The van der Waals surface area contributed by atoms with E-state index in [0.29, 0.717) is 0 Å². The number of hydrogen-bond acceptors (Lipinski definition) is 2. The molecule has 1 aromatic carbocycles. The molecule has 18 heavy (non-hydrogen) atoms. The summed E-state index contributed by atoms with van der Waals surface area (Å²) in [5.41, 5.74) is -0.529. The Balaban J connectivity index is 2.84. The molecular weight excluding hydrogens is 310 g/mol. The number of aliphatic hydroxyl groups is 1. The summed E-state index contributed by atoms with van der Waals surface area (Å²) in [6.45, 7) is 0. The van der Waals surface area contributed by atoms with Crippen LogP contribution in [0.1, 0.15) is 5.56 Å². The maximum absolute atomic E-state index is 13.6. The van der Waals surface area contributed by atoms with Gasteiger partial charge in [-0.05, 0) is 0 Å². The molecule has 0 bridgehead atoms. The quantitative estimate of drug-likeness (QED) is 0.665. The van der Waals surface area contributed by atoms with Gasteiger partial charge >= 0.3 is 5.92 Å². The van der Waals surface area contributed by atoms with E-state index in [0.717, 1.165) is 12.1 Å². The predicted octanol–water partition coefficient (Wildman–Crippen LogP) is 2.58. The lowest BCUT2D eigenvalue weighted by Gasteiger charge is -2.23. The Morgan fingerprint density at radius 3 is 2.17 bits per heavy atom. The number of rotatable bonds is 3. The highest BCUT2D eigenvalue weighted by atomic mass is 35.6. The Labute approximate surface area is 117 Å². The van der Waals surface area contributed by atoms with Crippen molar-refractivity contribution in [1.29, 1.82) is 0 Å². The highest BCUT2D eigenvalue weighted by Gasteiger charge is 2.44. The minimum Gasteiger partial charge on any atom is -0.369 e. The second kappa shape index (κ2) is 5.57. The van der Waals surface area contributed by atoms with Crippen molar-refractivity contribution in [2.75, 3.05) is 0 Å². The van der Waals surface area contributed by atoms with Crippen molar-refractivity contribution < 1.29 is 18.7 Å². The predicted molar refractivity (Wildman–Crippen MR) is 64.8 cm³/mol. The first kappa shape index (κ1) is 15.4. The van der Waals surface area contributed by atoms with Crippen LogP contribution in [0.3, 0.4) is 0 Å². The summed E-state index contributed by atoms with van der Waals surface area (Å²) in [5.74, 6) is -5.59. The summed E-state index contributed by atoms with van der Waals surface area (Å²) in [4.78, 5) is 11.3. The van der Waals surface area contributed by atoms with E-state index >= 15 is 0 Å². The largest absolute Gasteiger partial charge is 0.369 e. The lowest BCUT2D eigenvalue weighted by Crippen LogP contribution is -2.49. The molecule has 1 amide bonds. The standard InChI is InChI=1S/C10H8Cl3F2NO2/c11-10(12,13)8(18)16-7(17)9(14,15)6-4-2-1-3-5-6/h1-5,8,18H,(H,16,17)/t8-/m1/s1. The molecule has 0 saturated heterocycles. The molecule has 1 atom stereocenters. The Kier molecular flexibility index (Phi) is 4.78. The number of benzene rings is 1. The molecule has 2 N–H and O–H groups in total. The average Bonchev–Trinajstić information content (AvgIpc) is 2.28. The molecule has 0 aliphatic carbocycles. The Bertz CT molecular complexity index is 423. The first-order valence-electron chi connectivity index (χ1n) is 4.65. The molecule has 8 heteroatoms. The van der Waals surface area contributed by atoms with Gasteiger partial charge in [0, 0.05) is 5.56 Å². The Morgan fingerprint density at radius 1 is 1.22 bits per heavy atom. The van der Waals surface area contributed by atoms with Crippen molar-refractivity contribution >= 4 is 40.7 Å². The van der Waals surface area contributed by atoms with E-state index in [1.165, 1.54) is 23.5 Å². The molecule has 0 heterocycles. The molecule has 0 saturated carbocycles. The first-order valence-corrected chi connectivity index (χ1v) is 5.78. The van der Waals surface area contributed by atoms with Gasteiger partial charge in [0.1, 0.15) is 0 Å². The van der Waals surface area contributed by atoms with Crippen LogP contribution < -0.4 is 5.32 Å². The van der Waals surface area contributed by atoms with E-state index in [9.17, 15) is 18.7 Å². The summed E-state index contributed by atoms with van der Waals surface area (Å²) >= 11 is 15.7. The molecule has 0 aromatic heterocycles. The van der Waals surface area contributed by atoms with Crippen LogP contribution in [-0.2, 0) is 10.7 Å². The molecule has 3 nitrogen and oxygen atoms in total. The summed E-state index contributed by atoms with van der Waals surface area (Å²) in [6.07, 6.45) is -2.04. The highest BCUT2D eigenvalue weighted by Crippen LogP contribution is 2.31. The fourth-order valence-electron chi connectivity index (χ4n) is 1.08. The summed E-state index contributed by atoms with van der Waals surface area (Å²) < 4.78 is 25.0. The van der Waals surface area contributed by atoms with Gasteiger partial charge in [-0.2, -0.15) is 8.78 Å². The molecule has 0 aliphatic rings. The summed E-state index contributed by atoms with van der Waals surface area (Å²) in [7, 11) is 0. The van der Waals surface area contributed by atoms with E-state index in [-0.39, 0.29) is 0 Å². The van der Waals surface area contributed by atoms with Gasteiger partial charge in [-0.1, -0.05) is 65.1 Å². The minimum atomic E-state index is -3.84. The van der Waals surface area contributed by atoms with Crippen molar-refractivity contribution in [2.45, 2.75) is 15.9 Å². The number of nitrogens with one attached hydrogen (secondary N) is 1. The number of aliphatic hydroxyl groups excluding tert-OH is 1. The van der Waals surface area contributed by atoms with Crippen LogP contribution in [0, 0.1) is 0 Å². The SMILES string of the molecule is O=C(N[C@H](O)C(Cl)(Cl)Cl)C(F)(F)c1ccccc1. The van der Waals surface area contributed by atoms with Crippen LogP contribution >= 0.6 is 34.8 Å². The Hall–Kier alpha value is -0.620. The maximum Gasteiger partial charge on any atom is 0.349 e. The molecule has 0 fully saturated rings. The number of carbonyl (C=O) groups excluding carboxylic acids is 1. The number of hydrogen-bond donors (Lipinski definition) is 2. The topological polar surface area (TPSA) is 49.3 Å². The zero-order valence-corrected chi connectivity index (χ0v) is 11.0. The monoisotopic (exact) mass is 317 g/mol. The molecule has 0 unspecified atom stereocenters. The van der Waals surface area contributed by atoms with Crippen molar-refractivity contribution in [3.05, 3.63) is 35.9 Å². The van der Waals surface area contributed by atoms with E-state index in [1.54, 1.807) is 0 Å². The van der Waals surface area contributed by atoms with Crippen molar-refractivity contribution in [2.24, 2.45) is 0 Å². The summed E-state index contributed by atoms with van der Waals surface area (Å²) in [5, 5.41) is 10.7. The zero-order valence-electron chi connectivity index (χ0n) is 8.71. The molecule has 0 radical (unpaired) electrons. The van der Waals surface area contributed by atoms with E-state index < -0.39 is 27.4 Å².